The Balaban J connectivity index is 1.32. The zero-order chi connectivity index (χ0) is 20.1. The minimum atomic E-state index is -0.826. The van der Waals surface area contributed by atoms with Crippen LogP contribution in [0.25, 0.3) is 0 Å². The zero-order valence-electron chi connectivity index (χ0n) is 17.0. The number of nitrogens with one attached hydrogen (secondary N) is 1. The summed E-state index contributed by atoms with van der Waals surface area (Å²) in [5, 5.41) is 12.2. The summed E-state index contributed by atoms with van der Waals surface area (Å²) in [6, 6.07) is 8.50. The van der Waals surface area contributed by atoms with Gasteiger partial charge in [0, 0.05) is 51.5 Å². The Morgan fingerprint density at radius 1 is 1.18 bits per heavy atom. The molecule has 154 valence electrons. The standard InChI is InChI=1S/C21H32N4O3/c1-17-5-3-6-18(15-17)24-13-11-23(12-14-24)9-4-8-22-20(28)25-10-7-21(2,16-25)19(26)27/h3,5-6,15H,4,7-14,16H2,1-2H3,(H,22,28)(H,26,27). The molecule has 2 saturated heterocycles. The quantitative estimate of drug-likeness (QED) is 0.729. The normalized spacial score (nSPS) is 23.1. The van der Waals surface area contributed by atoms with E-state index in [1.807, 2.05) is 0 Å². The van der Waals surface area contributed by atoms with Crippen LogP contribution in [0.15, 0.2) is 24.3 Å². The fourth-order valence-electron chi connectivity index (χ4n) is 3.97. The highest BCUT2D eigenvalue weighted by Gasteiger charge is 2.42. The van der Waals surface area contributed by atoms with E-state index in [1.54, 1.807) is 11.8 Å². The summed E-state index contributed by atoms with van der Waals surface area (Å²) in [6.07, 6.45) is 1.42. The monoisotopic (exact) mass is 388 g/mol. The molecule has 7 nitrogen and oxygen atoms in total. The maximum absolute atomic E-state index is 12.2. The van der Waals surface area contributed by atoms with Gasteiger partial charge in [-0.15, -0.1) is 0 Å². The number of hydrogen-bond acceptors (Lipinski definition) is 4. The fourth-order valence-corrected chi connectivity index (χ4v) is 3.97. The molecule has 0 saturated carbocycles. The number of likely N-dealkylation sites (tertiary alicyclic amines) is 1. The molecule has 0 spiro atoms. The molecule has 2 aliphatic heterocycles. The average molecular weight is 389 g/mol. The molecule has 1 aromatic carbocycles. The number of carbonyl (C=O) groups excluding carboxylic acids is 1. The molecule has 0 bridgehead atoms. The molecule has 1 aromatic rings. The molecule has 2 fully saturated rings. The summed E-state index contributed by atoms with van der Waals surface area (Å²) in [5.41, 5.74) is 1.78. The third kappa shape index (κ3) is 4.95. The number of rotatable bonds is 6. The van der Waals surface area contributed by atoms with E-state index in [0.29, 0.717) is 19.5 Å². The lowest BCUT2D eigenvalue weighted by atomic mass is 9.90. The predicted octanol–water partition coefficient (Wildman–Crippen LogP) is 2.01. The zero-order valence-corrected chi connectivity index (χ0v) is 17.0. The highest BCUT2D eigenvalue weighted by Crippen LogP contribution is 2.29. The number of amides is 2. The van der Waals surface area contributed by atoms with Crippen molar-refractivity contribution in [2.45, 2.75) is 26.7 Å². The lowest BCUT2D eigenvalue weighted by molar-refractivity contribution is -0.147. The van der Waals surface area contributed by atoms with E-state index in [9.17, 15) is 14.7 Å². The average Bonchev–Trinajstić information content (AvgIpc) is 3.09. The Hall–Kier alpha value is -2.28. The summed E-state index contributed by atoms with van der Waals surface area (Å²) in [6.45, 7) is 10.3. The van der Waals surface area contributed by atoms with Gasteiger partial charge in [0.1, 0.15) is 0 Å². The number of benzene rings is 1. The molecule has 0 aliphatic carbocycles. The number of aliphatic carboxylic acids is 1. The number of aryl methyl sites for hydroxylation is 1. The summed E-state index contributed by atoms with van der Waals surface area (Å²) in [4.78, 5) is 30.0. The van der Waals surface area contributed by atoms with Gasteiger partial charge in [0.05, 0.1) is 5.41 Å². The van der Waals surface area contributed by atoms with E-state index in [1.165, 1.54) is 11.3 Å². The number of piperazine rings is 1. The second kappa shape index (κ2) is 8.82. The fraction of sp³-hybridized carbons (Fsp3) is 0.619. The highest BCUT2D eigenvalue weighted by atomic mass is 16.4. The van der Waals surface area contributed by atoms with Crippen LogP contribution in [0.1, 0.15) is 25.3 Å². The van der Waals surface area contributed by atoms with Crippen molar-refractivity contribution in [3.05, 3.63) is 29.8 Å². The van der Waals surface area contributed by atoms with Gasteiger partial charge in [0.15, 0.2) is 0 Å². The van der Waals surface area contributed by atoms with Crippen molar-refractivity contribution < 1.29 is 14.7 Å². The second-order valence-electron chi connectivity index (χ2n) is 8.29. The Kier molecular flexibility index (Phi) is 6.44. The van der Waals surface area contributed by atoms with Gasteiger partial charge in [-0.3, -0.25) is 9.69 Å². The van der Waals surface area contributed by atoms with Crippen LogP contribution in [0.5, 0.6) is 0 Å². The van der Waals surface area contributed by atoms with E-state index in [0.717, 1.165) is 39.1 Å². The summed E-state index contributed by atoms with van der Waals surface area (Å²) in [7, 11) is 0. The summed E-state index contributed by atoms with van der Waals surface area (Å²) in [5.74, 6) is -0.826. The van der Waals surface area contributed by atoms with Crippen LogP contribution < -0.4 is 10.2 Å². The number of nitrogens with zero attached hydrogens (tertiary/aromatic N) is 3. The van der Waals surface area contributed by atoms with Crippen LogP contribution >= 0.6 is 0 Å². The van der Waals surface area contributed by atoms with E-state index in [-0.39, 0.29) is 12.6 Å². The number of carbonyl (C=O) groups is 2. The molecule has 7 heteroatoms. The molecule has 2 heterocycles. The van der Waals surface area contributed by atoms with Gasteiger partial charge in [-0.2, -0.15) is 0 Å². The number of carboxylic acids is 1. The van der Waals surface area contributed by atoms with Gasteiger partial charge >= 0.3 is 12.0 Å². The summed E-state index contributed by atoms with van der Waals surface area (Å²) >= 11 is 0. The van der Waals surface area contributed by atoms with E-state index < -0.39 is 11.4 Å². The molecule has 28 heavy (non-hydrogen) atoms. The molecule has 1 unspecified atom stereocenters. The Bertz CT molecular complexity index is 703. The molecule has 0 radical (unpaired) electrons. The Morgan fingerprint density at radius 3 is 2.57 bits per heavy atom. The number of urea groups is 1. The van der Waals surface area contributed by atoms with Crippen LogP contribution in [0.4, 0.5) is 10.5 Å². The minimum Gasteiger partial charge on any atom is -0.481 e. The molecule has 2 N–H and O–H groups in total. The van der Waals surface area contributed by atoms with Crippen molar-refractivity contribution >= 4 is 17.7 Å². The van der Waals surface area contributed by atoms with Crippen molar-refractivity contribution in [3.8, 4) is 0 Å². The smallest absolute Gasteiger partial charge is 0.317 e. The number of anilines is 1. The lowest BCUT2D eigenvalue weighted by Gasteiger charge is -2.36. The first-order chi connectivity index (χ1) is 13.4. The Morgan fingerprint density at radius 2 is 1.93 bits per heavy atom. The van der Waals surface area contributed by atoms with E-state index in [2.05, 4.69) is 46.3 Å². The van der Waals surface area contributed by atoms with E-state index in [4.69, 9.17) is 0 Å². The van der Waals surface area contributed by atoms with Gasteiger partial charge in [0.25, 0.3) is 0 Å². The van der Waals surface area contributed by atoms with Crippen molar-refractivity contribution in [3.63, 3.8) is 0 Å². The van der Waals surface area contributed by atoms with Gasteiger partial charge in [0.2, 0.25) is 0 Å². The lowest BCUT2D eigenvalue weighted by Crippen LogP contribution is -2.47. The molecular weight excluding hydrogens is 356 g/mol. The largest absolute Gasteiger partial charge is 0.481 e. The molecule has 3 rings (SSSR count). The van der Waals surface area contributed by atoms with Gasteiger partial charge in [-0.05, 0) is 50.9 Å². The van der Waals surface area contributed by atoms with Gasteiger partial charge < -0.3 is 20.2 Å². The second-order valence-corrected chi connectivity index (χ2v) is 8.29. The summed E-state index contributed by atoms with van der Waals surface area (Å²) < 4.78 is 0. The molecular formula is C21H32N4O3. The van der Waals surface area contributed by atoms with Crippen LogP contribution in [-0.2, 0) is 4.79 Å². The van der Waals surface area contributed by atoms with Crippen LogP contribution in [-0.4, -0.2) is 79.3 Å². The van der Waals surface area contributed by atoms with Crippen molar-refractivity contribution in [2.24, 2.45) is 5.41 Å². The minimum absolute atomic E-state index is 0.144. The first-order valence-electron chi connectivity index (χ1n) is 10.2. The maximum Gasteiger partial charge on any atom is 0.317 e. The maximum atomic E-state index is 12.2. The first kappa shape index (κ1) is 20.5. The third-order valence-electron chi connectivity index (χ3n) is 5.94. The van der Waals surface area contributed by atoms with Crippen molar-refractivity contribution in [1.29, 1.82) is 0 Å². The van der Waals surface area contributed by atoms with Crippen LogP contribution in [0, 0.1) is 12.3 Å². The van der Waals surface area contributed by atoms with Crippen LogP contribution in [0.2, 0.25) is 0 Å². The SMILES string of the molecule is Cc1cccc(N2CCN(CCCNC(=O)N3CCC(C)(C(=O)O)C3)CC2)c1. The molecule has 2 aliphatic rings. The molecule has 2 amide bonds. The number of carboxylic acid groups (broad SMARTS) is 1. The topological polar surface area (TPSA) is 76.1 Å². The molecule has 0 aromatic heterocycles. The Labute approximate surface area is 167 Å². The third-order valence-corrected chi connectivity index (χ3v) is 5.94. The predicted molar refractivity (Wildman–Crippen MR) is 110 cm³/mol. The van der Waals surface area contributed by atoms with Crippen molar-refractivity contribution in [1.82, 2.24) is 15.1 Å². The molecule has 1 atom stereocenters. The van der Waals surface area contributed by atoms with Crippen LogP contribution in [0.3, 0.4) is 0 Å². The van der Waals surface area contributed by atoms with Crippen molar-refractivity contribution in [2.75, 3.05) is 57.3 Å². The van der Waals surface area contributed by atoms with Gasteiger partial charge in [-0.25, -0.2) is 4.79 Å². The van der Waals surface area contributed by atoms with E-state index >= 15 is 0 Å². The van der Waals surface area contributed by atoms with Gasteiger partial charge in [-0.1, -0.05) is 12.1 Å². The highest BCUT2D eigenvalue weighted by molar-refractivity contribution is 5.79. The first-order valence-corrected chi connectivity index (χ1v) is 10.2. The number of hydrogen-bond donors (Lipinski definition) is 2.